The first-order chi connectivity index (χ1) is 8.56. The molecule has 0 fully saturated rings. The molecule has 94 valence electrons. The van der Waals surface area contributed by atoms with Crippen LogP contribution >= 0.6 is 11.6 Å². The number of aryl methyl sites for hydroxylation is 1. The lowest BCUT2D eigenvalue weighted by Gasteiger charge is -2.04. The van der Waals surface area contributed by atoms with E-state index in [4.69, 9.17) is 26.6 Å². The van der Waals surface area contributed by atoms with Crippen LogP contribution in [0.2, 0.25) is 5.02 Å². The third-order valence-electron chi connectivity index (χ3n) is 2.25. The Balaban J connectivity index is 2.01. The van der Waals surface area contributed by atoms with E-state index < -0.39 is 5.97 Å². The molecular formula is C12H11ClN2O3. The second-order valence-electron chi connectivity index (χ2n) is 3.75. The molecule has 0 spiro atoms. The molecule has 0 bridgehead atoms. The summed E-state index contributed by atoms with van der Waals surface area (Å²) in [4.78, 5) is 11.7. The lowest BCUT2D eigenvalue weighted by atomic mass is 10.2. The highest BCUT2D eigenvalue weighted by Crippen LogP contribution is 2.20. The molecule has 0 unspecified atom stereocenters. The summed E-state index contributed by atoms with van der Waals surface area (Å²) < 4.78 is 9.97. The number of hydrogen-bond donors (Lipinski definition) is 1. The van der Waals surface area contributed by atoms with Crippen LogP contribution in [0.3, 0.4) is 0 Å². The molecule has 18 heavy (non-hydrogen) atoms. The van der Waals surface area contributed by atoms with Gasteiger partial charge in [-0.15, -0.1) is 0 Å². The summed E-state index contributed by atoms with van der Waals surface area (Å²) in [6.45, 7) is 1.82. The van der Waals surface area contributed by atoms with E-state index in [1.807, 2.05) is 0 Å². The Morgan fingerprint density at radius 3 is 2.89 bits per heavy atom. The van der Waals surface area contributed by atoms with Crippen molar-refractivity contribution in [3.63, 3.8) is 0 Å². The van der Waals surface area contributed by atoms with Crippen LogP contribution in [-0.2, 0) is 11.3 Å². The van der Waals surface area contributed by atoms with Gasteiger partial charge >= 0.3 is 5.97 Å². The summed E-state index contributed by atoms with van der Waals surface area (Å²) in [6, 6.07) is 6.26. The van der Waals surface area contributed by atoms with Gasteiger partial charge in [0, 0.05) is 6.07 Å². The fourth-order valence-corrected chi connectivity index (χ4v) is 1.49. The Labute approximate surface area is 108 Å². The zero-order valence-electron chi connectivity index (χ0n) is 9.64. The minimum absolute atomic E-state index is 0.0300. The molecule has 1 heterocycles. The van der Waals surface area contributed by atoms with Crippen molar-refractivity contribution in [2.24, 2.45) is 0 Å². The molecule has 5 nitrogen and oxygen atoms in total. The smallest absolute Gasteiger partial charge is 0.338 e. The van der Waals surface area contributed by atoms with Gasteiger partial charge in [0.05, 0.1) is 22.0 Å². The highest BCUT2D eigenvalue weighted by Gasteiger charge is 2.10. The molecule has 0 radical (unpaired) electrons. The van der Waals surface area contributed by atoms with Crippen molar-refractivity contribution in [2.75, 3.05) is 5.73 Å². The normalized spacial score (nSPS) is 10.3. The predicted octanol–water partition coefficient (Wildman–Crippen LogP) is 2.58. The van der Waals surface area contributed by atoms with Gasteiger partial charge in [0.25, 0.3) is 0 Å². The number of halogens is 1. The van der Waals surface area contributed by atoms with E-state index in [-0.39, 0.29) is 6.61 Å². The van der Waals surface area contributed by atoms with Gasteiger partial charge in [-0.25, -0.2) is 4.79 Å². The van der Waals surface area contributed by atoms with Crippen molar-refractivity contribution in [1.82, 2.24) is 5.16 Å². The summed E-state index contributed by atoms with van der Waals surface area (Å²) in [7, 11) is 0. The van der Waals surface area contributed by atoms with Gasteiger partial charge in [0.1, 0.15) is 0 Å². The summed E-state index contributed by atoms with van der Waals surface area (Å²) in [5.41, 5.74) is 7.01. The number of rotatable bonds is 3. The minimum atomic E-state index is -0.493. The lowest BCUT2D eigenvalue weighted by Crippen LogP contribution is -2.05. The quantitative estimate of drug-likeness (QED) is 0.682. The third-order valence-corrected chi connectivity index (χ3v) is 2.60. The van der Waals surface area contributed by atoms with Gasteiger partial charge in [-0.05, 0) is 25.1 Å². The first-order valence-corrected chi connectivity index (χ1v) is 5.58. The Kier molecular flexibility index (Phi) is 3.53. The fourth-order valence-electron chi connectivity index (χ4n) is 1.38. The molecule has 0 amide bonds. The molecule has 0 saturated carbocycles. The van der Waals surface area contributed by atoms with E-state index in [0.29, 0.717) is 22.0 Å². The number of anilines is 1. The van der Waals surface area contributed by atoms with Crippen molar-refractivity contribution in [1.29, 1.82) is 0 Å². The zero-order chi connectivity index (χ0) is 13.1. The fraction of sp³-hybridized carbons (Fsp3) is 0.167. The first kappa shape index (κ1) is 12.4. The van der Waals surface area contributed by atoms with E-state index in [2.05, 4.69) is 5.16 Å². The average molecular weight is 267 g/mol. The van der Waals surface area contributed by atoms with Gasteiger partial charge in [-0.2, -0.15) is 0 Å². The SMILES string of the molecule is Cc1cc(COC(=O)c2ccc(Cl)c(N)c2)on1. The summed E-state index contributed by atoms with van der Waals surface area (Å²) >= 11 is 5.76. The van der Waals surface area contributed by atoms with Gasteiger partial charge in [0.2, 0.25) is 0 Å². The highest BCUT2D eigenvalue weighted by molar-refractivity contribution is 6.33. The molecular weight excluding hydrogens is 256 g/mol. The Morgan fingerprint density at radius 2 is 2.28 bits per heavy atom. The zero-order valence-corrected chi connectivity index (χ0v) is 10.4. The monoisotopic (exact) mass is 266 g/mol. The Bertz CT molecular complexity index is 580. The number of hydrogen-bond acceptors (Lipinski definition) is 5. The second kappa shape index (κ2) is 5.10. The summed E-state index contributed by atoms with van der Waals surface area (Å²) in [5, 5.41) is 4.09. The van der Waals surface area contributed by atoms with Gasteiger partial charge in [-0.3, -0.25) is 0 Å². The van der Waals surface area contributed by atoms with E-state index >= 15 is 0 Å². The van der Waals surface area contributed by atoms with Crippen molar-refractivity contribution in [3.8, 4) is 0 Å². The van der Waals surface area contributed by atoms with Crippen LogP contribution < -0.4 is 5.73 Å². The van der Waals surface area contributed by atoms with Crippen LogP contribution in [0.1, 0.15) is 21.8 Å². The van der Waals surface area contributed by atoms with Crippen molar-refractivity contribution < 1.29 is 14.1 Å². The predicted molar refractivity (Wildman–Crippen MR) is 66.2 cm³/mol. The van der Waals surface area contributed by atoms with Gasteiger partial charge in [-0.1, -0.05) is 16.8 Å². The molecule has 0 aliphatic heterocycles. The molecule has 1 aromatic heterocycles. The van der Waals surface area contributed by atoms with Crippen molar-refractivity contribution in [3.05, 3.63) is 46.3 Å². The number of carbonyl (C=O) groups is 1. The number of nitrogens with two attached hydrogens (primary N) is 1. The van der Waals surface area contributed by atoms with Crippen LogP contribution in [-0.4, -0.2) is 11.1 Å². The highest BCUT2D eigenvalue weighted by atomic mass is 35.5. The molecule has 6 heteroatoms. The number of benzene rings is 1. The van der Waals surface area contributed by atoms with Crippen LogP contribution in [0, 0.1) is 6.92 Å². The summed E-state index contributed by atoms with van der Waals surface area (Å²) in [5.74, 6) is -0.00444. The van der Waals surface area contributed by atoms with E-state index in [1.54, 1.807) is 25.1 Å². The number of esters is 1. The topological polar surface area (TPSA) is 78.4 Å². The average Bonchev–Trinajstić information content (AvgIpc) is 2.75. The van der Waals surface area contributed by atoms with Gasteiger partial charge in [0.15, 0.2) is 12.4 Å². The number of ether oxygens (including phenoxy) is 1. The Morgan fingerprint density at radius 1 is 1.50 bits per heavy atom. The summed E-state index contributed by atoms with van der Waals surface area (Å²) in [6.07, 6.45) is 0. The third kappa shape index (κ3) is 2.81. The second-order valence-corrected chi connectivity index (χ2v) is 4.15. The maximum absolute atomic E-state index is 11.7. The number of nitrogens with zero attached hydrogens (tertiary/aromatic N) is 1. The van der Waals surface area contributed by atoms with E-state index in [0.717, 1.165) is 5.69 Å². The maximum Gasteiger partial charge on any atom is 0.338 e. The molecule has 0 aliphatic rings. The van der Waals surface area contributed by atoms with E-state index in [1.165, 1.54) is 6.07 Å². The standard InChI is InChI=1S/C12H11ClN2O3/c1-7-4-9(18-15-7)6-17-12(16)8-2-3-10(13)11(14)5-8/h2-5H,6,14H2,1H3. The van der Waals surface area contributed by atoms with Crippen molar-refractivity contribution in [2.45, 2.75) is 13.5 Å². The first-order valence-electron chi connectivity index (χ1n) is 5.20. The molecule has 2 aromatic rings. The van der Waals surface area contributed by atoms with Crippen LogP contribution in [0.15, 0.2) is 28.8 Å². The van der Waals surface area contributed by atoms with Crippen LogP contribution in [0.5, 0.6) is 0 Å². The van der Waals surface area contributed by atoms with Crippen LogP contribution in [0.4, 0.5) is 5.69 Å². The maximum atomic E-state index is 11.7. The van der Waals surface area contributed by atoms with E-state index in [9.17, 15) is 4.79 Å². The number of carbonyl (C=O) groups excluding carboxylic acids is 1. The molecule has 0 atom stereocenters. The Hall–Kier alpha value is -2.01. The molecule has 0 aliphatic carbocycles. The molecule has 0 saturated heterocycles. The minimum Gasteiger partial charge on any atom is -0.454 e. The molecule has 2 rings (SSSR count). The number of aromatic nitrogens is 1. The number of nitrogen functional groups attached to an aromatic ring is 1. The lowest BCUT2D eigenvalue weighted by molar-refractivity contribution is 0.0437. The van der Waals surface area contributed by atoms with Gasteiger partial charge < -0.3 is 15.0 Å². The molecule has 1 aromatic carbocycles. The van der Waals surface area contributed by atoms with Crippen LogP contribution in [0.25, 0.3) is 0 Å². The van der Waals surface area contributed by atoms with Crippen molar-refractivity contribution >= 4 is 23.3 Å². The largest absolute Gasteiger partial charge is 0.454 e. The molecule has 2 N–H and O–H groups in total.